The SMILES string of the molecule is Cc1ccc(OC(=O)c2ccc(C)c(I)c2)cc1Cl. The zero-order valence-electron chi connectivity index (χ0n) is 10.5. The molecule has 0 aliphatic carbocycles. The van der Waals surface area contributed by atoms with Crippen molar-refractivity contribution in [2.45, 2.75) is 13.8 Å². The Balaban J connectivity index is 2.20. The van der Waals surface area contributed by atoms with Crippen LogP contribution in [0.4, 0.5) is 0 Å². The van der Waals surface area contributed by atoms with E-state index in [1.807, 2.05) is 32.0 Å². The van der Waals surface area contributed by atoms with Gasteiger partial charge in [0.15, 0.2) is 0 Å². The molecule has 2 rings (SSSR count). The Kier molecular flexibility index (Phi) is 4.47. The van der Waals surface area contributed by atoms with Crippen molar-refractivity contribution < 1.29 is 9.53 Å². The summed E-state index contributed by atoms with van der Waals surface area (Å²) in [6, 6.07) is 10.7. The number of carbonyl (C=O) groups is 1. The standard InChI is InChI=1S/C15H12ClIO2/c1-9-4-6-12(8-13(9)16)19-15(18)11-5-3-10(2)14(17)7-11/h3-8H,1-2H3. The number of rotatable bonds is 2. The highest BCUT2D eigenvalue weighted by Crippen LogP contribution is 2.23. The molecule has 0 aromatic heterocycles. The van der Waals surface area contributed by atoms with Gasteiger partial charge in [0, 0.05) is 8.59 Å². The van der Waals surface area contributed by atoms with E-state index in [1.165, 1.54) is 0 Å². The second-order valence-electron chi connectivity index (χ2n) is 4.26. The average molecular weight is 387 g/mol. The van der Waals surface area contributed by atoms with Crippen LogP contribution in [0.5, 0.6) is 5.75 Å². The maximum absolute atomic E-state index is 12.0. The monoisotopic (exact) mass is 386 g/mol. The lowest BCUT2D eigenvalue weighted by molar-refractivity contribution is 0.0734. The third kappa shape index (κ3) is 3.48. The zero-order valence-corrected chi connectivity index (χ0v) is 13.4. The summed E-state index contributed by atoms with van der Waals surface area (Å²) in [5.74, 6) is 0.0778. The molecule has 2 aromatic carbocycles. The van der Waals surface area contributed by atoms with Crippen LogP contribution in [-0.2, 0) is 0 Å². The molecule has 19 heavy (non-hydrogen) atoms. The van der Waals surface area contributed by atoms with Crippen LogP contribution in [0.25, 0.3) is 0 Å². The lowest BCUT2D eigenvalue weighted by atomic mass is 10.1. The molecule has 2 aromatic rings. The Labute approximate surface area is 130 Å². The number of hydrogen-bond donors (Lipinski definition) is 0. The van der Waals surface area contributed by atoms with Crippen molar-refractivity contribution in [1.29, 1.82) is 0 Å². The van der Waals surface area contributed by atoms with Gasteiger partial charge in [-0.25, -0.2) is 4.79 Å². The topological polar surface area (TPSA) is 26.3 Å². The summed E-state index contributed by atoms with van der Waals surface area (Å²) in [4.78, 5) is 12.0. The number of ether oxygens (including phenoxy) is 1. The number of aryl methyl sites for hydroxylation is 2. The van der Waals surface area contributed by atoms with Crippen molar-refractivity contribution in [3.05, 3.63) is 61.7 Å². The van der Waals surface area contributed by atoms with E-state index in [9.17, 15) is 4.79 Å². The van der Waals surface area contributed by atoms with Gasteiger partial charge in [-0.2, -0.15) is 0 Å². The normalized spacial score (nSPS) is 10.3. The fourth-order valence-corrected chi connectivity index (χ4v) is 2.21. The first-order chi connectivity index (χ1) is 8.97. The van der Waals surface area contributed by atoms with E-state index in [0.29, 0.717) is 16.3 Å². The highest BCUT2D eigenvalue weighted by molar-refractivity contribution is 14.1. The largest absolute Gasteiger partial charge is 0.423 e. The molecule has 0 N–H and O–H groups in total. The minimum absolute atomic E-state index is 0.377. The molecule has 0 bridgehead atoms. The van der Waals surface area contributed by atoms with E-state index in [0.717, 1.165) is 14.7 Å². The number of carbonyl (C=O) groups excluding carboxylic acids is 1. The van der Waals surface area contributed by atoms with Gasteiger partial charge in [-0.05, 0) is 71.8 Å². The lowest BCUT2D eigenvalue weighted by Gasteiger charge is -2.07. The maximum Gasteiger partial charge on any atom is 0.343 e. The van der Waals surface area contributed by atoms with Crippen molar-refractivity contribution in [2.24, 2.45) is 0 Å². The Morgan fingerprint density at radius 2 is 1.79 bits per heavy atom. The Morgan fingerprint density at radius 3 is 2.42 bits per heavy atom. The van der Waals surface area contributed by atoms with Gasteiger partial charge in [-0.15, -0.1) is 0 Å². The summed E-state index contributed by atoms with van der Waals surface area (Å²) in [5.41, 5.74) is 2.62. The van der Waals surface area contributed by atoms with Crippen molar-refractivity contribution in [3.63, 3.8) is 0 Å². The van der Waals surface area contributed by atoms with Crippen molar-refractivity contribution in [3.8, 4) is 5.75 Å². The highest BCUT2D eigenvalue weighted by atomic mass is 127. The molecular weight excluding hydrogens is 375 g/mol. The van der Waals surface area contributed by atoms with Crippen LogP contribution in [-0.4, -0.2) is 5.97 Å². The summed E-state index contributed by atoms with van der Waals surface area (Å²) >= 11 is 8.19. The van der Waals surface area contributed by atoms with Crippen molar-refractivity contribution in [1.82, 2.24) is 0 Å². The zero-order chi connectivity index (χ0) is 14.0. The molecular formula is C15H12ClIO2. The number of hydrogen-bond acceptors (Lipinski definition) is 2. The van der Waals surface area contributed by atoms with Gasteiger partial charge in [0.2, 0.25) is 0 Å². The second kappa shape index (κ2) is 5.92. The Morgan fingerprint density at radius 1 is 1.11 bits per heavy atom. The summed E-state index contributed by atoms with van der Waals surface area (Å²) in [6.07, 6.45) is 0. The summed E-state index contributed by atoms with van der Waals surface area (Å²) < 4.78 is 6.34. The first kappa shape index (κ1) is 14.3. The Hall–Kier alpha value is -1.07. The van der Waals surface area contributed by atoms with E-state index in [-0.39, 0.29) is 5.97 Å². The van der Waals surface area contributed by atoms with Gasteiger partial charge < -0.3 is 4.74 Å². The third-order valence-electron chi connectivity index (χ3n) is 2.76. The summed E-state index contributed by atoms with van der Waals surface area (Å²) in [7, 11) is 0. The van der Waals surface area contributed by atoms with E-state index in [2.05, 4.69) is 22.6 Å². The lowest BCUT2D eigenvalue weighted by Crippen LogP contribution is -2.09. The molecule has 0 heterocycles. The molecule has 0 amide bonds. The fraction of sp³-hybridized carbons (Fsp3) is 0.133. The number of benzene rings is 2. The molecule has 0 aliphatic heterocycles. The van der Waals surface area contributed by atoms with E-state index >= 15 is 0 Å². The molecule has 0 aliphatic rings. The van der Waals surface area contributed by atoms with Gasteiger partial charge in [0.05, 0.1) is 5.56 Å². The highest BCUT2D eigenvalue weighted by Gasteiger charge is 2.10. The molecule has 0 saturated carbocycles. The van der Waals surface area contributed by atoms with E-state index < -0.39 is 0 Å². The van der Waals surface area contributed by atoms with Crippen LogP contribution in [0, 0.1) is 17.4 Å². The fourth-order valence-electron chi connectivity index (χ4n) is 1.52. The molecule has 0 saturated heterocycles. The molecule has 4 heteroatoms. The first-order valence-corrected chi connectivity index (χ1v) is 7.17. The first-order valence-electron chi connectivity index (χ1n) is 5.72. The summed E-state index contributed by atoms with van der Waals surface area (Å²) in [5, 5.41) is 0.587. The van der Waals surface area contributed by atoms with Crippen LogP contribution in [0.15, 0.2) is 36.4 Å². The van der Waals surface area contributed by atoms with Crippen LogP contribution >= 0.6 is 34.2 Å². The predicted molar refractivity (Wildman–Crippen MR) is 85.0 cm³/mol. The van der Waals surface area contributed by atoms with E-state index in [1.54, 1.807) is 18.2 Å². The van der Waals surface area contributed by atoms with Crippen LogP contribution in [0.2, 0.25) is 5.02 Å². The molecule has 0 radical (unpaired) electrons. The van der Waals surface area contributed by atoms with Gasteiger partial charge in [0.1, 0.15) is 5.75 Å². The van der Waals surface area contributed by atoms with Gasteiger partial charge in [-0.1, -0.05) is 23.7 Å². The minimum Gasteiger partial charge on any atom is -0.423 e. The second-order valence-corrected chi connectivity index (χ2v) is 5.83. The number of halogens is 2. The minimum atomic E-state index is -0.377. The predicted octanol–water partition coefficient (Wildman–Crippen LogP) is 4.78. The number of esters is 1. The van der Waals surface area contributed by atoms with Crippen molar-refractivity contribution >= 4 is 40.2 Å². The van der Waals surface area contributed by atoms with E-state index in [4.69, 9.17) is 16.3 Å². The molecule has 0 atom stereocenters. The molecule has 0 unspecified atom stereocenters. The van der Waals surface area contributed by atoms with Crippen LogP contribution in [0.1, 0.15) is 21.5 Å². The quantitative estimate of drug-likeness (QED) is 0.422. The molecule has 2 nitrogen and oxygen atoms in total. The smallest absolute Gasteiger partial charge is 0.343 e. The molecule has 0 spiro atoms. The van der Waals surface area contributed by atoms with Gasteiger partial charge in [-0.3, -0.25) is 0 Å². The maximum atomic E-state index is 12.0. The molecule has 98 valence electrons. The van der Waals surface area contributed by atoms with Gasteiger partial charge >= 0.3 is 5.97 Å². The van der Waals surface area contributed by atoms with Gasteiger partial charge in [0.25, 0.3) is 0 Å². The van der Waals surface area contributed by atoms with Crippen LogP contribution in [0.3, 0.4) is 0 Å². The van der Waals surface area contributed by atoms with Crippen LogP contribution < -0.4 is 4.74 Å². The summed E-state index contributed by atoms with van der Waals surface area (Å²) in [6.45, 7) is 3.90. The third-order valence-corrected chi connectivity index (χ3v) is 4.33. The van der Waals surface area contributed by atoms with Crippen molar-refractivity contribution in [2.75, 3.05) is 0 Å². The Bertz CT molecular complexity index is 638. The average Bonchev–Trinajstić information content (AvgIpc) is 2.37. The molecule has 0 fully saturated rings.